The summed E-state index contributed by atoms with van der Waals surface area (Å²) < 4.78 is 1.89. The summed E-state index contributed by atoms with van der Waals surface area (Å²) in [7, 11) is 1.95. The highest BCUT2D eigenvalue weighted by molar-refractivity contribution is 5.19. The molecular weight excluding hydrogens is 202 g/mol. The third kappa shape index (κ3) is 3.06. The molecule has 92 valence electrons. The largest absolute Gasteiger partial charge is 0.396 e. The van der Waals surface area contributed by atoms with Gasteiger partial charge in [0.15, 0.2) is 0 Å². The highest BCUT2D eigenvalue weighted by Crippen LogP contribution is 2.17. The Morgan fingerprint density at radius 1 is 1.56 bits per heavy atom. The zero-order chi connectivity index (χ0) is 12.1. The molecule has 0 aromatic carbocycles. The van der Waals surface area contributed by atoms with Crippen molar-refractivity contribution in [3.05, 3.63) is 17.5 Å². The van der Waals surface area contributed by atoms with Crippen molar-refractivity contribution in [1.82, 2.24) is 15.1 Å². The Labute approximate surface area is 97.7 Å². The van der Waals surface area contributed by atoms with Crippen LogP contribution in [0.15, 0.2) is 6.20 Å². The molecule has 1 heterocycles. The van der Waals surface area contributed by atoms with Crippen LogP contribution in [0, 0.1) is 6.92 Å². The molecular formula is C12H23N3O. The van der Waals surface area contributed by atoms with E-state index in [0.29, 0.717) is 6.04 Å². The van der Waals surface area contributed by atoms with Crippen LogP contribution in [0.2, 0.25) is 0 Å². The van der Waals surface area contributed by atoms with Gasteiger partial charge in [0.1, 0.15) is 0 Å². The van der Waals surface area contributed by atoms with Crippen LogP contribution in [-0.2, 0) is 7.05 Å². The normalized spacial score (nSPS) is 15.1. The first kappa shape index (κ1) is 13.2. The Balaban J connectivity index is 2.64. The van der Waals surface area contributed by atoms with Crippen LogP contribution in [0.4, 0.5) is 0 Å². The van der Waals surface area contributed by atoms with E-state index in [0.717, 1.165) is 12.8 Å². The molecule has 16 heavy (non-hydrogen) atoms. The van der Waals surface area contributed by atoms with E-state index < -0.39 is 0 Å². The van der Waals surface area contributed by atoms with Gasteiger partial charge in [-0.1, -0.05) is 6.92 Å². The number of aryl methyl sites for hydroxylation is 1. The Morgan fingerprint density at radius 3 is 2.69 bits per heavy atom. The van der Waals surface area contributed by atoms with Gasteiger partial charge in [0.05, 0.1) is 6.20 Å². The molecule has 2 N–H and O–H groups in total. The molecule has 0 radical (unpaired) electrons. The van der Waals surface area contributed by atoms with Crippen molar-refractivity contribution in [2.45, 2.75) is 45.7 Å². The summed E-state index contributed by atoms with van der Waals surface area (Å²) in [5, 5.41) is 16.7. The predicted octanol–water partition coefficient (Wildman–Crippen LogP) is 1.54. The van der Waals surface area contributed by atoms with Gasteiger partial charge in [-0.25, -0.2) is 0 Å². The molecule has 0 aliphatic heterocycles. The van der Waals surface area contributed by atoms with Gasteiger partial charge in [0.2, 0.25) is 0 Å². The van der Waals surface area contributed by atoms with Crippen LogP contribution >= 0.6 is 0 Å². The van der Waals surface area contributed by atoms with Crippen LogP contribution in [0.25, 0.3) is 0 Å². The summed E-state index contributed by atoms with van der Waals surface area (Å²) in [5.74, 6) is 0. The highest BCUT2D eigenvalue weighted by atomic mass is 16.3. The average Bonchev–Trinajstić information content (AvgIpc) is 2.59. The second-order valence-electron chi connectivity index (χ2n) is 4.31. The molecule has 0 fully saturated rings. The maximum Gasteiger partial charge on any atom is 0.0540 e. The second-order valence-corrected chi connectivity index (χ2v) is 4.31. The number of aliphatic hydroxyl groups is 1. The van der Waals surface area contributed by atoms with E-state index in [-0.39, 0.29) is 12.6 Å². The zero-order valence-electron chi connectivity index (χ0n) is 10.7. The van der Waals surface area contributed by atoms with Crippen LogP contribution in [0.1, 0.15) is 44.0 Å². The fourth-order valence-electron chi connectivity index (χ4n) is 1.95. The molecule has 2 atom stereocenters. The summed E-state index contributed by atoms with van der Waals surface area (Å²) in [6, 6.07) is 0.657. The van der Waals surface area contributed by atoms with E-state index in [1.807, 2.05) is 17.9 Å². The number of nitrogens with zero attached hydrogens (tertiary/aromatic N) is 2. The van der Waals surface area contributed by atoms with E-state index in [9.17, 15) is 0 Å². The summed E-state index contributed by atoms with van der Waals surface area (Å²) in [5.41, 5.74) is 2.43. The quantitative estimate of drug-likeness (QED) is 0.772. The first-order valence-corrected chi connectivity index (χ1v) is 5.95. The molecule has 1 aromatic heterocycles. The minimum atomic E-state index is 0.240. The van der Waals surface area contributed by atoms with Crippen molar-refractivity contribution in [3.8, 4) is 0 Å². The lowest BCUT2D eigenvalue weighted by Crippen LogP contribution is -2.32. The van der Waals surface area contributed by atoms with Gasteiger partial charge >= 0.3 is 0 Å². The smallest absolute Gasteiger partial charge is 0.0540 e. The molecule has 1 rings (SSSR count). The van der Waals surface area contributed by atoms with E-state index in [4.69, 9.17) is 5.11 Å². The molecule has 0 amide bonds. The molecule has 2 unspecified atom stereocenters. The Kier molecular flexibility index (Phi) is 4.96. The van der Waals surface area contributed by atoms with Crippen LogP contribution in [0.3, 0.4) is 0 Å². The monoisotopic (exact) mass is 225 g/mol. The van der Waals surface area contributed by atoms with Gasteiger partial charge in [-0.2, -0.15) is 5.10 Å². The molecule has 0 saturated carbocycles. The standard InChI is InChI=1S/C12H23N3O/c1-5-11(6-7-16)14-9(2)12-8-13-15(4)10(12)3/h8-9,11,14,16H,5-7H2,1-4H3. The minimum Gasteiger partial charge on any atom is -0.396 e. The molecule has 0 aliphatic carbocycles. The van der Waals surface area contributed by atoms with E-state index >= 15 is 0 Å². The predicted molar refractivity (Wildman–Crippen MR) is 65.3 cm³/mol. The maximum absolute atomic E-state index is 8.95. The molecule has 0 spiro atoms. The van der Waals surface area contributed by atoms with Gasteiger partial charge < -0.3 is 10.4 Å². The molecule has 0 saturated heterocycles. The minimum absolute atomic E-state index is 0.240. The van der Waals surface area contributed by atoms with Crippen molar-refractivity contribution in [3.63, 3.8) is 0 Å². The average molecular weight is 225 g/mol. The summed E-state index contributed by atoms with van der Waals surface area (Å²) in [4.78, 5) is 0. The number of aromatic nitrogens is 2. The van der Waals surface area contributed by atoms with E-state index in [1.165, 1.54) is 11.3 Å². The summed E-state index contributed by atoms with van der Waals surface area (Å²) >= 11 is 0. The Bertz CT molecular complexity index is 322. The number of hydrogen-bond donors (Lipinski definition) is 2. The fourth-order valence-corrected chi connectivity index (χ4v) is 1.95. The number of hydrogen-bond acceptors (Lipinski definition) is 3. The lowest BCUT2D eigenvalue weighted by Gasteiger charge is -2.21. The number of nitrogens with one attached hydrogen (secondary N) is 1. The Hall–Kier alpha value is -0.870. The number of rotatable bonds is 6. The molecule has 0 aliphatic rings. The van der Waals surface area contributed by atoms with Crippen LogP contribution in [-0.4, -0.2) is 27.5 Å². The van der Waals surface area contributed by atoms with E-state index in [2.05, 4.69) is 31.2 Å². The van der Waals surface area contributed by atoms with Gasteiger partial charge in [0.25, 0.3) is 0 Å². The lowest BCUT2D eigenvalue weighted by atomic mass is 10.1. The van der Waals surface area contributed by atoms with Crippen LogP contribution < -0.4 is 5.32 Å². The molecule has 4 heteroatoms. The van der Waals surface area contributed by atoms with Gasteiger partial charge in [-0.3, -0.25) is 4.68 Å². The topological polar surface area (TPSA) is 50.1 Å². The fraction of sp³-hybridized carbons (Fsp3) is 0.750. The second kappa shape index (κ2) is 6.01. The number of aliphatic hydroxyl groups excluding tert-OH is 1. The summed E-state index contributed by atoms with van der Waals surface area (Å²) in [6.45, 7) is 6.60. The first-order chi connectivity index (χ1) is 7.60. The van der Waals surface area contributed by atoms with Crippen molar-refractivity contribution in [2.75, 3.05) is 6.61 Å². The van der Waals surface area contributed by atoms with Crippen molar-refractivity contribution >= 4 is 0 Å². The zero-order valence-corrected chi connectivity index (χ0v) is 10.7. The molecule has 4 nitrogen and oxygen atoms in total. The van der Waals surface area contributed by atoms with Crippen molar-refractivity contribution < 1.29 is 5.11 Å². The molecule has 0 bridgehead atoms. The van der Waals surface area contributed by atoms with Crippen molar-refractivity contribution in [2.24, 2.45) is 7.05 Å². The van der Waals surface area contributed by atoms with E-state index in [1.54, 1.807) is 0 Å². The third-order valence-corrected chi connectivity index (χ3v) is 3.20. The van der Waals surface area contributed by atoms with Gasteiger partial charge in [-0.05, 0) is 26.7 Å². The van der Waals surface area contributed by atoms with Crippen molar-refractivity contribution in [1.29, 1.82) is 0 Å². The first-order valence-electron chi connectivity index (χ1n) is 5.95. The molecule has 1 aromatic rings. The third-order valence-electron chi connectivity index (χ3n) is 3.20. The Morgan fingerprint density at radius 2 is 2.25 bits per heavy atom. The lowest BCUT2D eigenvalue weighted by molar-refractivity contribution is 0.257. The SMILES string of the molecule is CCC(CCO)NC(C)c1cnn(C)c1C. The highest BCUT2D eigenvalue weighted by Gasteiger charge is 2.15. The summed E-state index contributed by atoms with van der Waals surface area (Å²) in [6.07, 6.45) is 3.75. The van der Waals surface area contributed by atoms with Gasteiger partial charge in [-0.15, -0.1) is 0 Å². The van der Waals surface area contributed by atoms with Crippen LogP contribution in [0.5, 0.6) is 0 Å². The van der Waals surface area contributed by atoms with Gasteiger partial charge in [0, 0.05) is 37.0 Å². The maximum atomic E-state index is 8.95.